The first-order valence-electron chi connectivity index (χ1n) is 9.72. The fourth-order valence-electron chi connectivity index (χ4n) is 3.77. The molecule has 5 nitrogen and oxygen atoms in total. The highest BCUT2D eigenvalue weighted by molar-refractivity contribution is 5.86. The van der Waals surface area contributed by atoms with Crippen molar-refractivity contribution in [2.75, 3.05) is 38.5 Å². The van der Waals surface area contributed by atoms with Crippen LogP contribution in [0.1, 0.15) is 16.8 Å². The lowest BCUT2D eigenvalue weighted by atomic mass is 9.95. The molecule has 0 aliphatic carbocycles. The van der Waals surface area contributed by atoms with Crippen molar-refractivity contribution in [3.63, 3.8) is 0 Å². The molecule has 1 aliphatic rings. The molecule has 0 bridgehead atoms. The number of nitrogens with one attached hydrogen (secondary N) is 3. The van der Waals surface area contributed by atoms with Crippen molar-refractivity contribution in [3.8, 4) is 0 Å². The number of anilines is 1. The van der Waals surface area contributed by atoms with Gasteiger partial charge in [0.1, 0.15) is 11.6 Å². The van der Waals surface area contributed by atoms with Crippen LogP contribution in [-0.4, -0.2) is 43.7 Å². The average molecular weight is 517 g/mol. The highest BCUT2D eigenvalue weighted by Gasteiger charge is 2.26. The van der Waals surface area contributed by atoms with Gasteiger partial charge in [-0.2, -0.15) is 0 Å². The van der Waals surface area contributed by atoms with E-state index in [-0.39, 0.29) is 55.4 Å². The molecule has 31 heavy (non-hydrogen) atoms. The molecule has 1 saturated heterocycles. The van der Waals surface area contributed by atoms with Crippen LogP contribution in [0.3, 0.4) is 0 Å². The van der Waals surface area contributed by atoms with Crippen molar-refractivity contribution >= 4 is 55.4 Å². The summed E-state index contributed by atoms with van der Waals surface area (Å²) in [7, 11) is 0. The van der Waals surface area contributed by atoms with Crippen LogP contribution in [0, 0.1) is 18.7 Å². The van der Waals surface area contributed by atoms with Crippen molar-refractivity contribution in [3.05, 3.63) is 59.0 Å². The zero-order chi connectivity index (χ0) is 19.1. The molecule has 0 amide bonds. The predicted molar refractivity (Wildman–Crippen MR) is 137 cm³/mol. The van der Waals surface area contributed by atoms with Gasteiger partial charge in [-0.3, -0.25) is 0 Å². The van der Waals surface area contributed by atoms with E-state index < -0.39 is 0 Å². The summed E-state index contributed by atoms with van der Waals surface area (Å²) in [4.78, 5) is 4.25. The van der Waals surface area contributed by atoms with E-state index >= 15 is 0 Å². The lowest BCUT2D eigenvalue weighted by Crippen LogP contribution is -2.40. The predicted octanol–water partition coefficient (Wildman–Crippen LogP) is 3.35. The minimum absolute atomic E-state index is 0. The highest BCUT2D eigenvalue weighted by atomic mass is 35.5. The summed E-state index contributed by atoms with van der Waals surface area (Å²) in [5.41, 5.74) is 9.14. The minimum atomic E-state index is -0.167. The van der Waals surface area contributed by atoms with Gasteiger partial charge in [0.2, 0.25) is 0 Å². The molecule has 1 aromatic carbocycles. The molecule has 1 fully saturated rings. The standard InChI is InChI=1S/C21H30FN5.4ClH/c1-15-9-17(12-21(23)27-15)10-18-13-25-14-20(18)26-8-7-24-6-5-16-3-2-4-19(22)11-16;;;;/h2-4,9,11-12,18,20,24-26H,5-8,10,13-14H2,1H3,(H2,23,27);4*1H/t18-,20+;;;;/m0..../s1. The van der Waals surface area contributed by atoms with E-state index in [1.54, 1.807) is 12.1 Å². The molecule has 0 saturated carbocycles. The molecule has 5 N–H and O–H groups in total. The van der Waals surface area contributed by atoms with Crippen LogP contribution in [-0.2, 0) is 12.8 Å². The third kappa shape index (κ3) is 11.0. The smallest absolute Gasteiger partial charge is 0.123 e. The molecule has 0 radical (unpaired) electrons. The summed E-state index contributed by atoms with van der Waals surface area (Å²) in [6.45, 7) is 6.67. The normalized spacial score (nSPS) is 17.0. The van der Waals surface area contributed by atoms with Crippen LogP contribution in [0.4, 0.5) is 10.2 Å². The number of hydrogen-bond acceptors (Lipinski definition) is 5. The van der Waals surface area contributed by atoms with E-state index in [1.807, 2.05) is 19.1 Å². The van der Waals surface area contributed by atoms with E-state index in [9.17, 15) is 4.39 Å². The zero-order valence-electron chi connectivity index (χ0n) is 17.6. The molecular weight excluding hydrogens is 483 g/mol. The Morgan fingerprint density at radius 1 is 1.03 bits per heavy atom. The lowest BCUT2D eigenvalue weighted by molar-refractivity contribution is 0.422. The van der Waals surface area contributed by atoms with Gasteiger partial charge < -0.3 is 21.7 Å². The first kappa shape index (κ1) is 32.3. The fraction of sp³-hybridized carbons (Fsp3) is 0.476. The molecule has 10 heteroatoms. The van der Waals surface area contributed by atoms with Crippen molar-refractivity contribution in [1.82, 2.24) is 20.9 Å². The van der Waals surface area contributed by atoms with E-state index in [4.69, 9.17) is 5.73 Å². The molecule has 2 heterocycles. The maximum Gasteiger partial charge on any atom is 0.123 e. The molecule has 1 aliphatic heterocycles. The number of rotatable bonds is 9. The molecule has 0 spiro atoms. The van der Waals surface area contributed by atoms with Gasteiger partial charge in [0.15, 0.2) is 0 Å². The van der Waals surface area contributed by atoms with Crippen LogP contribution in [0.15, 0.2) is 36.4 Å². The van der Waals surface area contributed by atoms with Crippen LogP contribution in [0.2, 0.25) is 0 Å². The Kier molecular flexibility index (Phi) is 17.4. The van der Waals surface area contributed by atoms with E-state index in [0.29, 0.717) is 17.8 Å². The van der Waals surface area contributed by atoms with Gasteiger partial charge in [-0.1, -0.05) is 12.1 Å². The summed E-state index contributed by atoms with van der Waals surface area (Å²) in [5, 5.41) is 10.6. The van der Waals surface area contributed by atoms with Crippen molar-refractivity contribution in [2.45, 2.75) is 25.8 Å². The highest BCUT2D eigenvalue weighted by Crippen LogP contribution is 2.18. The van der Waals surface area contributed by atoms with Crippen LogP contribution in [0.5, 0.6) is 0 Å². The van der Waals surface area contributed by atoms with Crippen molar-refractivity contribution < 1.29 is 4.39 Å². The van der Waals surface area contributed by atoms with Crippen molar-refractivity contribution in [2.24, 2.45) is 5.92 Å². The number of hydrogen-bond donors (Lipinski definition) is 4. The Morgan fingerprint density at radius 3 is 2.52 bits per heavy atom. The van der Waals surface area contributed by atoms with Gasteiger partial charge in [0.05, 0.1) is 0 Å². The fourth-order valence-corrected chi connectivity index (χ4v) is 3.77. The maximum atomic E-state index is 13.2. The SMILES string of the molecule is Cc1cc(C[C@H]2CNC[C@H]2NCCNCCc2cccc(F)c2)cc(N)n1.Cl.Cl.Cl.Cl. The monoisotopic (exact) mass is 515 g/mol. The van der Waals surface area contributed by atoms with Gasteiger partial charge in [-0.25, -0.2) is 9.37 Å². The van der Waals surface area contributed by atoms with E-state index in [1.165, 1.54) is 11.6 Å². The molecule has 178 valence electrons. The van der Waals surface area contributed by atoms with Crippen molar-refractivity contribution in [1.29, 1.82) is 0 Å². The summed E-state index contributed by atoms with van der Waals surface area (Å²) in [6, 6.07) is 11.4. The number of aromatic nitrogens is 1. The summed E-state index contributed by atoms with van der Waals surface area (Å²) in [5.74, 6) is 0.988. The molecule has 0 unspecified atom stereocenters. The largest absolute Gasteiger partial charge is 0.384 e. The number of benzene rings is 1. The Bertz CT molecular complexity index is 733. The van der Waals surface area contributed by atoms with Gasteiger partial charge in [-0.15, -0.1) is 49.6 Å². The minimum Gasteiger partial charge on any atom is -0.384 e. The molecule has 3 rings (SSSR count). The summed E-state index contributed by atoms with van der Waals surface area (Å²) < 4.78 is 13.2. The molecule has 1 aromatic heterocycles. The van der Waals surface area contributed by atoms with Gasteiger partial charge >= 0.3 is 0 Å². The second-order valence-electron chi connectivity index (χ2n) is 7.35. The van der Waals surface area contributed by atoms with Gasteiger partial charge in [-0.05, 0) is 74.2 Å². The maximum absolute atomic E-state index is 13.2. The number of aryl methyl sites for hydroxylation is 1. The Labute approximate surface area is 209 Å². The van der Waals surface area contributed by atoms with Crippen LogP contribution >= 0.6 is 49.6 Å². The third-order valence-electron chi connectivity index (χ3n) is 5.06. The molecular formula is C21H34Cl4FN5. The van der Waals surface area contributed by atoms with Crippen LogP contribution in [0.25, 0.3) is 0 Å². The lowest BCUT2D eigenvalue weighted by Gasteiger charge is -2.20. The second kappa shape index (κ2) is 16.7. The number of nitrogens with two attached hydrogens (primary N) is 1. The van der Waals surface area contributed by atoms with Crippen LogP contribution < -0.4 is 21.7 Å². The first-order valence-corrected chi connectivity index (χ1v) is 9.72. The molecule has 2 aromatic rings. The Balaban J connectivity index is 0. The van der Waals surface area contributed by atoms with Gasteiger partial charge in [0, 0.05) is 31.4 Å². The topological polar surface area (TPSA) is 75.0 Å². The number of nitrogens with zero attached hydrogens (tertiary/aromatic N) is 1. The number of nitrogen functional groups attached to an aromatic ring is 1. The first-order chi connectivity index (χ1) is 13.1. The zero-order valence-corrected chi connectivity index (χ0v) is 20.9. The number of pyridine rings is 1. The van der Waals surface area contributed by atoms with E-state index in [2.05, 4.69) is 27.0 Å². The second-order valence-corrected chi connectivity index (χ2v) is 7.35. The summed E-state index contributed by atoms with van der Waals surface area (Å²) >= 11 is 0. The average Bonchev–Trinajstić information content (AvgIpc) is 3.04. The molecule has 2 atom stereocenters. The third-order valence-corrected chi connectivity index (χ3v) is 5.06. The quantitative estimate of drug-likeness (QED) is 0.384. The Morgan fingerprint density at radius 2 is 1.81 bits per heavy atom. The summed E-state index contributed by atoms with van der Waals surface area (Å²) in [6.07, 6.45) is 1.85. The van der Waals surface area contributed by atoms with Gasteiger partial charge in [0.25, 0.3) is 0 Å². The Hall–Kier alpha value is -0.860. The number of halogens is 5. The van der Waals surface area contributed by atoms with E-state index in [0.717, 1.165) is 56.8 Å².